The van der Waals surface area contributed by atoms with Crippen LogP contribution in [-0.4, -0.2) is 51.5 Å². The average Bonchev–Trinajstić information content (AvgIpc) is 3.34. The lowest BCUT2D eigenvalue weighted by molar-refractivity contribution is -0.131. The van der Waals surface area contributed by atoms with Crippen molar-refractivity contribution >= 4 is 17.3 Å². The first-order valence-corrected chi connectivity index (χ1v) is 11.1. The fourth-order valence-electron chi connectivity index (χ4n) is 4.17. The Morgan fingerprint density at radius 3 is 2.35 bits per heavy atom. The monoisotopic (exact) mass is 459 g/mol. The molecule has 1 aliphatic heterocycles. The fraction of sp³-hybridized carbons (Fsp3) is 0.259. The number of nitrogens with zero attached hydrogens (tertiary/aromatic N) is 3. The zero-order chi connectivity index (χ0) is 24.1. The van der Waals surface area contributed by atoms with E-state index in [1.807, 2.05) is 84.7 Å². The molecule has 7 nitrogen and oxygen atoms in total. The average molecular weight is 460 g/mol. The van der Waals surface area contributed by atoms with Crippen molar-refractivity contribution in [1.29, 1.82) is 0 Å². The van der Waals surface area contributed by atoms with Crippen LogP contribution >= 0.6 is 0 Å². The highest BCUT2D eigenvalue weighted by atomic mass is 16.5. The molecule has 0 N–H and O–H groups in total. The number of carbonyl (C=O) groups is 1. The van der Waals surface area contributed by atoms with Crippen molar-refractivity contribution < 1.29 is 19.0 Å². The number of hydrogen-bond donors (Lipinski definition) is 0. The van der Waals surface area contributed by atoms with Gasteiger partial charge in [0.2, 0.25) is 0 Å². The summed E-state index contributed by atoms with van der Waals surface area (Å²) >= 11 is 0. The molecule has 0 fully saturated rings. The van der Waals surface area contributed by atoms with E-state index in [9.17, 15) is 4.79 Å². The number of ether oxygens (including phenoxy) is 3. The van der Waals surface area contributed by atoms with Crippen molar-refractivity contribution in [1.82, 2.24) is 5.01 Å². The van der Waals surface area contributed by atoms with E-state index in [0.29, 0.717) is 17.9 Å². The second-order valence-corrected chi connectivity index (χ2v) is 8.00. The van der Waals surface area contributed by atoms with Crippen LogP contribution in [0.15, 0.2) is 77.9 Å². The van der Waals surface area contributed by atoms with Gasteiger partial charge in [-0.25, -0.2) is 5.01 Å². The summed E-state index contributed by atoms with van der Waals surface area (Å²) in [5.41, 5.74) is 3.47. The molecule has 3 aromatic carbocycles. The Morgan fingerprint density at radius 1 is 0.941 bits per heavy atom. The number of hydrogen-bond acceptors (Lipinski definition) is 6. The summed E-state index contributed by atoms with van der Waals surface area (Å²) in [6.45, 7) is 0.187. The van der Waals surface area contributed by atoms with Crippen molar-refractivity contribution in [2.24, 2.45) is 5.10 Å². The zero-order valence-corrected chi connectivity index (χ0v) is 19.9. The van der Waals surface area contributed by atoms with Gasteiger partial charge in [-0.15, -0.1) is 0 Å². The van der Waals surface area contributed by atoms with Gasteiger partial charge < -0.3 is 19.1 Å². The van der Waals surface area contributed by atoms with Gasteiger partial charge in [0.15, 0.2) is 0 Å². The number of carbonyl (C=O) groups excluding carboxylic acids is 1. The number of hydrazone groups is 1. The van der Waals surface area contributed by atoms with Gasteiger partial charge in [-0.2, -0.15) is 5.10 Å². The van der Waals surface area contributed by atoms with E-state index in [1.165, 1.54) is 0 Å². The first-order valence-electron chi connectivity index (χ1n) is 11.1. The van der Waals surface area contributed by atoms with E-state index >= 15 is 0 Å². The van der Waals surface area contributed by atoms with E-state index in [-0.39, 0.29) is 18.5 Å². The second kappa shape index (κ2) is 10.3. The molecule has 7 heteroatoms. The van der Waals surface area contributed by atoms with Crippen LogP contribution in [0.4, 0.5) is 5.69 Å². The maximum atomic E-state index is 13.5. The summed E-state index contributed by atoms with van der Waals surface area (Å²) in [6, 6.07) is 22.9. The lowest BCUT2D eigenvalue weighted by atomic mass is 9.97. The Bertz CT molecular complexity index is 1180. The predicted octanol–water partition coefficient (Wildman–Crippen LogP) is 4.53. The number of benzene rings is 3. The third-order valence-electron chi connectivity index (χ3n) is 5.95. The van der Waals surface area contributed by atoms with Crippen LogP contribution in [0.2, 0.25) is 0 Å². The molecule has 176 valence electrons. The number of rotatable bonds is 8. The van der Waals surface area contributed by atoms with E-state index in [0.717, 1.165) is 28.3 Å². The van der Waals surface area contributed by atoms with E-state index in [1.54, 1.807) is 26.3 Å². The lowest BCUT2D eigenvalue weighted by Gasteiger charge is -2.26. The van der Waals surface area contributed by atoms with Gasteiger partial charge in [0.05, 0.1) is 39.6 Å². The highest BCUT2D eigenvalue weighted by Crippen LogP contribution is 2.39. The quantitative estimate of drug-likeness (QED) is 0.495. The predicted molar refractivity (Wildman–Crippen MR) is 133 cm³/mol. The van der Waals surface area contributed by atoms with Gasteiger partial charge in [0.1, 0.15) is 17.2 Å². The van der Waals surface area contributed by atoms with Gasteiger partial charge in [-0.3, -0.25) is 4.79 Å². The number of likely N-dealkylation sites (N-methyl/N-ethyl adjacent to an activating group) is 1. The van der Waals surface area contributed by atoms with Gasteiger partial charge in [-0.1, -0.05) is 36.4 Å². The highest BCUT2D eigenvalue weighted by molar-refractivity contribution is 6.05. The molecule has 0 radical (unpaired) electrons. The van der Waals surface area contributed by atoms with Crippen LogP contribution in [0.3, 0.4) is 0 Å². The van der Waals surface area contributed by atoms with Crippen molar-refractivity contribution in [2.75, 3.05) is 39.8 Å². The molecular formula is C27H29N3O4. The largest absolute Gasteiger partial charge is 0.497 e. The Kier molecular flexibility index (Phi) is 7.01. The molecule has 0 aliphatic carbocycles. The summed E-state index contributed by atoms with van der Waals surface area (Å²) in [6.07, 6.45) is 0.532. The third-order valence-corrected chi connectivity index (χ3v) is 5.95. The molecule has 34 heavy (non-hydrogen) atoms. The van der Waals surface area contributed by atoms with Gasteiger partial charge in [0, 0.05) is 36.3 Å². The standard InChI is InChI=1S/C27H29N3O4/c1-29(19-10-6-5-7-11-19)18-27(31)30-24(22-12-8-9-13-25(22)33-3)17-23(28-30)21-15-14-20(32-2)16-26(21)34-4/h5-16,24H,17-18H2,1-4H3. The topological polar surface area (TPSA) is 63.6 Å². The van der Waals surface area contributed by atoms with Crippen molar-refractivity contribution in [3.63, 3.8) is 0 Å². The zero-order valence-electron chi connectivity index (χ0n) is 19.9. The molecule has 1 amide bonds. The first kappa shape index (κ1) is 23.2. The Morgan fingerprint density at radius 2 is 1.65 bits per heavy atom. The van der Waals surface area contributed by atoms with E-state index in [2.05, 4.69) is 0 Å². The summed E-state index contributed by atoms with van der Waals surface area (Å²) in [5, 5.41) is 6.38. The Labute approximate surface area is 200 Å². The second-order valence-electron chi connectivity index (χ2n) is 8.00. The van der Waals surface area contributed by atoms with Crippen LogP contribution in [0.25, 0.3) is 0 Å². The van der Waals surface area contributed by atoms with Crippen molar-refractivity contribution in [3.8, 4) is 17.2 Å². The van der Waals surface area contributed by atoms with Crippen LogP contribution in [0, 0.1) is 0 Å². The highest BCUT2D eigenvalue weighted by Gasteiger charge is 2.36. The fourth-order valence-corrected chi connectivity index (χ4v) is 4.17. The number of amides is 1. The molecule has 0 saturated heterocycles. The van der Waals surface area contributed by atoms with Crippen molar-refractivity contribution in [3.05, 3.63) is 83.9 Å². The summed E-state index contributed by atoms with van der Waals surface area (Å²) < 4.78 is 16.6. The molecule has 1 atom stereocenters. The van der Waals surface area contributed by atoms with Gasteiger partial charge in [0.25, 0.3) is 5.91 Å². The maximum Gasteiger partial charge on any atom is 0.262 e. The maximum absolute atomic E-state index is 13.5. The minimum Gasteiger partial charge on any atom is -0.497 e. The Hall–Kier alpha value is -4.00. The van der Waals surface area contributed by atoms with Gasteiger partial charge in [-0.05, 0) is 30.3 Å². The lowest BCUT2D eigenvalue weighted by Crippen LogP contribution is -2.36. The van der Waals surface area contributed by atoms with E-state index in [4.69, 9.17) is 19.3 Å². The Balaban J connectivity index is 1.70. The smallest absolute Gasteiger partial charge is 0.262 e. The first-order chi connectivity index (χ1) is 16.5. The van der Waals surface area contributed by atoms with Crippen LogP contribution in [0.5, 0.6) is 17.2 Å². The molecule has 1 aliphatic rings. The molecule has 3 aromatic rings. The summed E-state index contributed by atoms with van der Waals surface area (Å²) in [4.78, 5) is 15.4. The normalized spacial score (nSPS) is 15.0. The molecule has 4 rings (SSSR count). The van der Waals surface area contributed by atoms with Gasteiger partial charge >= 0.3 is 0 Å². The minimum absolute atomic E-state index is 0.107. The van der Waals surface area contributed by atoms with Crippen LogP contribution < -0.4 is 19.1 Å². The molecular weight excluding hydrogens is 430 g/mol. The number of anilines is 1. The SMILES string of the molecule is COc1ccc(C2=NN(C(=O)CN(C)c3ccccc3)C(c3ccccc3OC)C2)c(OC)c1. The molecule has 0 spiro atoms. The molecule has 0 aromatic heterocycles. The molecule has 1 heterocycles. The van der Waals surface area contributed by atoms with Crippen molar-refractivity contribution in [2.45, 2.75) is 12.5 Å². The van der Waals surface area contributed by atoms with Crippen LogP contribution in [0.1, 0.15) is 23.6 Å². The number of methoxy groups -OCH3 is 3. The summed E-state index contributed by atoms with van der Waals surface area (Å²) in [7, 11) is 6.77. The van der Waals surface area contributed by atoms with E-state index < -0.39 is 0 Å². The van der Waals surface area contributed by atoms with Crippen LogP contribution in [-0.2, 0) is 4.79 Å². The molecule has 0 saturated carbocycles. The molecule has 1 unspecified atom stereocenters. The molecule has 0 bridgehead atoms. The summed E-state index contributed by atoms with van der Waals surface area (Å²) in [5.74, 6) is 1.95. The third kappa shape index (κ3) is 4.69. The number of para-hydroxylation sites is 2. The minimum atomic E-state index is -0.297.